The van der Waals surface area contributed by atoms with Crippen molar-refractivity contribution in [2.75, 3.05) is 6.61 Å². The molecule has 0 heterocycles. The molecule has 0 radical (unpaired) electrons. The first-order valence-electron chi connectivity index (χ1n) is 12.1. The summed E-state index contributed by atoms with van der Waals surface area (Å²) in [4.78, 5) is 0. The van der Waals surface area contributed by atoms with Crippen LogP contribution < -0.4 is 4.74 Å². The van der Waals surface area contributed by atoms with E-state index < -0.39 is 0 Å². The van der Waals surface area contributed by atoms with Crippen molar-refractivity contribution in [2.24, 2.45) is 17.8 Å². The average Bonchev–Trinajstić information content (AvgIpc) is 2.79. The Labute approximate surface area is 183 Å². The van der Waals surface area contributed by atoms with Crippen molar-refractivity contribution in [2.45, 2.75) is 71.1 Å². The summed E-state index contributed by atoms with van der Waals surface area (Å²) in [7, 11) is 0. The summed E-state index contributed by atoms with van der Waals surface area (Å²) in [5.74, 6) is 3.99. The largest absolute Gasteiger partial charge is 0.493 e. The Kier molecular flexibility index (Phi) is 7.31. The fourth-order valence-corrected chi connectivity index (χ4v) is 5.05. The maximum atomic E-state index is 5.99. The molecule has 2 aromatic carbocycles. The lowest BCUT2D eigenvalue weighted by Gasteiger charge is -2.26. The molecule has 1 heteroatoms. The van der Waals surface area contributed by atoms with Crippen molar-refractivity contribution in [3.8, 4) is 5.75 Å². The van der Waals surface area contributed by atoms with Crippen molar-refractivity contribution < 1.29 is 4.74 Å². The Bertz CT molecular complexity index is 793. The monoisotopic (exact) mass is 402 g/mol. The molecule has 2 aliphatic rings. The first-order chi connectivity index (χ1) is 14.7. The normalized spacial score (nSPS) is 26.5. The third kappa shape index (κ3) is 6.00. The minimum Gasteiger partial charge on any atom is -0.493 e. The van der Waals surface area contributed by atoms with Gasteiger partial charge in [-0.05, 0) is 67.7 Å². The van der Waals surface area contributed by atoms with E-state index >= 15 is 0 Å². The van der Waals surface area contributed by atoms with E-state index in [9.17, 15) is 0 Å². The Morgan fingerprint density at radius 1 is 0.800 bits per heavy atom. The lowest BCUT2D eigenvalue weighted by atomic mass is 9.80. The van der Waals surface area contributed by atoms with E-state index in [-0.39, 0.29) is 0 Å². The van der Waals surface area contributed by atoms with Crippen LogP contribution in [0.5, 0.6) is 5.75 Å². The van der Waals surface area contributed by atoms with Gasteiger partial charge < -0.3 is 4.74 Å². The van der Waals surface area contributed by atoms with Gasteiger partial charge in [0.25, 0.3) is 0 Å². The van der Waals surface area contributed by atoms with Crippen LogP contribution >= 0.6 is 0 Å². The number of rotatable bonds is 7. The number of hydrogen-bond acceptors (Lipinski definition) is 1. The Morgan fingerprint density at radius 2 is 1.53 bits per heavy atom. The summed E-state index contributed by atoms with van der Waals surface area (Å²) >= 11 is 0. The molecule has 2 unspecified atom stereocenters. The van der Waals surface area contributed by atoms with Crippen LogP contribution in [0.15, 0.2) is 60.7 Å². The van der Waals surface area contributed by atoms with Gasteiger partial charge in [-0.3, -0.25) is 0 Å². The molecule has 4 rings (SSSR count). The Hall–Kier alpha value is -2.02. The zero-order valence-electron chi connectivity index (χ0n) is 18.9. The molecule has 2 aromatic rings. The number of allylic oxidation sites excluding steroid dienone is 1. The van der Waals surface area contributed by atoms with E-state index in [2.05, 4.69) is 74.5 Å². The topological polar surface area (TPSA) is 9.23 Å². The number of ether oxygens (including phenoxy) is 1. The molecule has 0 aromatic heterocycles. The quantitative estimate of drug-likeness (QED) is 0.428. The summed E-state index contributed by atoms with van der Waals surface area (Å²) in [5.41, 5.74) is 4.26. The highest BCUT2D eigenvalue weighted by atomic mass is 16.5. The van der Waals surface area contributed by atoms with E-state index in [1.54, 1.807) is 0 Å². The fraction of sp³-hybridized carbons (Fsp3) is 0.517. The molecular weight excluding hydrogens is 364 g/mol. The smallest absolute Gasteiger partial charge is 0.119 e. The molecule has 2 aliphatic carbocycles. The van der Waals surface area contributed by atoms with Crippen LogP contribution in [0.25, 0.3) is 0 Å². The summed E-state index contributed by atoms with van der Waals surface area (Å²) < 4.78 is 5.99. The van der Waals surface area contributed by atoms with Crippen LogP contribution in [0.2, 0.25) is 0 Å². The van der Waals surface area contributed by atoms with Crippen LogP contribution in [-0.2, 0) is 6.42 Å². The van der Waals surface area contributed by atoms with Gasteiger partial charge in [-0.15, -0.1) is 0 Å². The summed E-state index contributed by atoms with van der Waals surface area (Å²) in [6, 6.07) is 17.9. The lowest BCUT2D eigenvalue weighted by molar-refractivity contribution is 0.260. The molecule has 30 heavy (non-hydrogen) atoms. The van der Waals surface area contributed by atoms with Gasteiger partial charge in [0.2, 0.25) is 0 Å². The van der Waals surface area contributed by atoms with Crippen molar-refractivity contribution in [1.29, 1.82) is 0 Å². The maximum absolute atomic E-state index is 5.99. The van der Waals surface area contributed by atoms with Crippen molar-refractivity contribution in [3.63, 3.8) is 0 Å². The van der Waals surface area contributed by atoms with Gasteiger partial charge in [-0.1, -0.05) is 86.7 Å². The third-order valence-electron chi connectivity index (χ3n) is 7.33. The molecular formula is C29H38O. The molecule has 1 nitrogen and oxygen atoms in total. The standard InChI is InChI=1S/C29H38O/c1-22-3-7-24(8-4-22)9-10-25-11-15-27(16-12-25)28-17-13-26(14-18-28)21-30-29-19-5-23(2)6-20-29/h5-6,11-13,15-17,19-20,22,24,26,28H,3-4,7-10,14,18,21H2,1-2H3. The van der Waals surface area contributed by atoms with Crippen LogP contribution in [0.3, 0.4) is 0 Å². The summed E-state index contributed by atoms with van der Waals surface area (Å²) in [6.07, 6.45) is 15.6. The SMILES string of the molecule is Cc1ccc(OCC2C=CC(c3ccc(CCC4CCC(C)CC4)cc3)CC2)cc1. The predicted molar refractivity (Wildman–Crippen MR) is 127 cm³/mol. The third-order valence-corrected chi connectivity index (χ3v) is 7.33. The predicted octanol–water partition coefficient (Wildman–Crippen LogP) is 7.88. The van der Waals surface area contributed by atoms with Gasteiger partial charge >= 0.3 is 0 Å². The average molecular weight is 403 g/mol. The zero-order chi connectivity index (χ0) is 20.8. The Morgan fingerprint density at radius 3 is 2.20 bits per heavy atom. The van der Waals surface area contributed by atoms with Gasteiger partial charge in [0.1, 0.15) is 5.75 Å². The highest BCUT2D eigenvalue weighted by Gasteiger charge is 2.19. The van der Waals surface area contributed by atoms with Crippen LogP contribution in [0.4, 0.5) is 0 Å². The minimum absolute atomic E-state index is 0.528. The van der Waals surface area contributed by atoms with Crippen molar-refractivity contribution >= 4 is 0 Å². The first kappa shape index (κ1) is 21.2. The molecule has 0 amide bonds. The van der Waals surface area contributed by atoms with Crippen LogP contribution in [0.1, 0.15) is 74.5 Å². The van der Waals surface area contributed by atoms with Crippen LogP contribution in [0, 0.1) is 24.7 Å². The van der Waals surface area contributed by atoms with E-state index in [4.69, 9.17) is 4.74 Å². The summed E-state index contributed by atoms with van der Waals surface area (Å²) in [6.45, 7) is 5.30. The second-order valence-electron chi connectivity index (χ2n) is 9.86. The van der Waals surface area contributed by atoms with E-state index in [1.165, 1.54) is 68.1 Å². The highest BCUT2D eigenvalue weighted by Crippen LogP contribution is 2.33. The maximum Gasteiger partial charge on any atom is 0.119 e. The first-order valence-corrected chi connectivity index (χ1v) is 12.1. The van der Waals surface area contributed by atoms with Gasteiger partial charge in [0.05, 0.1) is 6.61 Å². The highest BCUT2D eigenvalue weighted by molar-refractivity contribution is 5.30. The van der Waals surface area contributed by atoms with E-state index in [1.807, 2.05) is 0 Å². The number of aryl methyl sites for hydroxylation is 2. The van der Waals surface area contributed by atoms with Gasteiger partial charge in [-0.25, -0.2) is 0 Å². The molecule has 0 aliphatic heterocycles. The Balaban J connectivity index is 1.22. The number of benzene rings is 2. The lowest BCUT2D eigenvalue weighted by Crippen LogP contribution is -2.15. The van der Waals surface area contributed by atoms with E-state index in [0.717, 1.165) is 24.2 Å². The molecule has 0 saturated heterocycles. The molecule has 0 N–H and O–H groups in total. The molecule has 2 atom stereocenters. The molecule has 1 fully saturated rings. The second kappa shape index (κ2) is 10.3. The van der Waals surface area contributed by atoms with Crippen molar-refractivity contribution in [1.82, 2.24) is 0 Å². The fourth-order valence-electron chi connectivity index (χ4n) is 5.05. The zero-order valence-corrected chi connectivity index (χ0v) is 18.9. The van der Waals surface area contributed by atoms with Crippen LogP contribution in [-0.4, -0.2) is 6.61 Å². The molecule has 1 saturated carbocycles. The molecule has 160 valence electrons. The van der Waals surface area contributed by atoms with Crippen molar-refractivity contribution in [3.05, 3.63) is 77.4 Å². The second-order valence-corrected chi connectivity index (χ2v) is 9.86. The van der Waals surface area contributed by atoms with Gasteiger partial charge in [0, 0.05) is 11.8 Å². The molecule has 0 bridgehead atoms. The van der Waals surface area contributed by atoms with Gasteiger partial charge in [0.15, 0.2) is 0 Å². The summed E-state index contributed by atoms with van der Waals surface area (Å²) in [5, 5.41) is 0. The number of hydrogen-bond donors (Lipinski definition) is 0. The van der Waals surface area contributed by atoms with E-state index in [0.29, 0.717) is 11.8 Å². The van der Waals surface area contributed by atoms with Gasteiger partial charge in [-0.2, -0.15) is 0 Å². The molecule has 0 spiro atoms. The minimum atomic E-state index is 0.528.